The minimum absolute atomic E-state index is 0.111. The highest BCUT2D eigenvalue weighted by Gasteiger charge is 2.29. The highest BCUT2D eigenvalue weighted by molar-refractivity contribution is 5.96. The maximum absolute atomic E-state index is 13.0. The van der Waals surface area contributed by atoms with Crippen LogP contribution in [0.15, 0.2) is 24.3 Å². The van der Waals surface area contributed by atoms with E-state index in [0.29, 0.717) is 36.5 Å². The molecule has 1 saturated heterocycles. The minimum atomic E-state index is -0.447. The molecule has 0 bridgehead atoms. The molecule has 22 heavy (non-hydrogen) atoms. The van der Waals surface area contributed by atoms with Crippen LogP contribution in [0.25, 0.3) is 5.69 Å². The van der Waals surface area contributed by atoms with Gasteiger partial charge in [-0.2, -0.15) is 5.10 Å². The van der Waals surface area contributed by atoms with Crippen LogP contribution in [0, 0.1) is 19.7 Å². The number of nitrogens with zero attached hydrogens (tertiary/aromatic N) is 3. The molecule has 0 radical (unpaired) electrons. The van der Waals surface area contributed by atoms with E-state index in [4.69, 9.17) is 0 Å². The van der Waals surface area contributed by atoms with Gasteiger partial charge in [0.2, 0.25) is 0 Å². The number of halogens is 1. The Bertz CT molecular complexity index is 709. The van der Waals surface area contributed by atoms with E-state index >= 15 is 0 Å². The number of carbonyl (C=O) groups is 1. The third-order valence-electron chi connectivity index (χ3n) is 4.03. The SMILES string of the molecule is Cc1nn(-c2ccc(F)cc2)c(C)c1C(=O)N1CC[C@H](O)C1. The molecular formula is C16H18FN3O2. The number of carbonyl (C=O) groups excluding carboxylic acids is 1. The summed E-state index contributed by atoms with van der Waals surface area (Å²) in [6.07, 6.45) is 0.160. The zero-order chi connectivity index (χ0) is 15.9. The van der Waals surface area contributed by atoms with Crippen molar-refractivity contribution in [2.45, 2.75) is 26.4 Å². The van der Waals surface area contributed by atoms with Crippen LogP contribution in [0.5, 0.6) is 0 Å². The summed E-state index contributed by atoms with van der Waals surface area (Å²) < 4.78 is 14.7. The molecule has 1 aliphatic heterocycles. The van der Waals surface area contributed by atoms with E-state index in [2.05, 4.69) is 5.10 Å². The van der Waals surface area contributed by atoms with Gasteiger partial charge in [0, 0.05) is 13.1 Å². The van der Waals surface area contributed by atoms with Gasteiger partial charge in [-0.05, 0) is 44.5 Å². The third kappa shape index (κ3) is 2.50. The number of aryl methyl sites for hydroxylation is 1. The summed E-state index contributed by atoms with van der Waals surface area (Å²) in [7, 11) is 0. The van der Waals surface area contributed by atoms with Crippen LogP contribution in [0.4, 0.5) is 4.39 Å². The van der Waals surface area contributed by atoms with Crippen LogP contribution in [0.3, 0.4) is 0 Å². The molecule has 0 saturated carbocycles. The number of likely N-dealkylation sites (tertiary alicyclic amines) is 1. The molecule has 1 amide bonds. The second-order valence-corrected chi connectivity index (χ2v) is 5.63. The molecule has 1 fully saturated rings. The van der Waals surface area contributed by atoms with Gasteiger partial charge in [-0.15, -0.1) is 0 Å². The fourth-order valence-electron chi connectivity index (χ4n) is 2.87. The number of β-amino-alcohol motifs (C(OH)–C–C–N with tert-alkyl or cyclic N) is 1. The molecule has 0 aliphatic carbocycles. The highest BCUT2D eigenvalue weighted by atomic mass is 19.1. The van der Waals surface area contributed by atoms with Crippen LogP contribution in [-0.2, 0) is 0 Å². The summed E-state index contributed by atoms with van der Waals surface area (Å²) in [5.74, 6) is -0.424. The van der Waals surface area contributed by atoms with Gasteiger partial charge >= 0.3 is 0 Å². The molecule has 1 aromatic carbocycles. The molecule has 0 unspecified atom stereocenters. The zero-order valence-electron chi connectivity index (χ0n) is 12.6. The lowest BCUT2D eigenvalue weighted by molar-refractivity contribution is 0.0763. The summed E-state index contributed by atoms with van der Waals surface area (Å²) in [5, 5.41) is 14.0. The predicted octanol–water partition coefficient (Wildman–Crippen LogP) is 1.84. The molecule has 2 heterocycles. The second-order valence-electron chi connectivity index (χ2n) is 5.63. The standard InChI is InChI=1S/C16H18FN3O2/c1-10-15(16(22)19-8-7-14(21)9-19)11(2)20(18-10)13-5-3-12(17)4-6-13/h3-6,14,21H,7-9H2,1-2H3/t14-/m0/s1. The number of amides is 1. The van der Waals surface area contributed by atoms with Crippen molar-refractivity contribution >= 4 is 5.91 Å². The molecule has 2 aromatic rings. The molecule has 1 N–H and O–H groups in total. The molecule has 1 aromatic heterocycles. The molecule has 0 spiro atoms. The summed E-state index contributed by atoms with van der Waals surface area (Å²) in [5.41, 5.74) is 2.62. The lowest BCUT2D eigenvalue weighted by atomic mass is 10.1. The van der Waals surface area contributed by atoms with Crippen LogP contribution < -0.4 is 0 Å². The van der Waals surface area contributed by atoms with Gasteiger partial charge in [-0.25, -0.2) is 9.07 Å². The number of hydrogen-bond acceptors (Lipinski definition) is 3. The van der Waals surface area contributed by atoms with Crippen LogP contribution in [0.2, 0.25) is 0 Å². The normalized spacial score (nSPS) is 18.0. The van der Waals surface area contributed by atoms with E-state index in [1.165, 1.54) is 12.1 Å². The van der Waals surface area contributed by atoms with E-state index in [9.17, 15) is 14.3 Å². The summed E-state index contributed by atoms with van der Waals surface area (Å²) in [6, 6.07) is 5.99. The first-order valence-electron chi connectivity index (χ1n) is 7.27. The van der Waals surface area contributed by atoms with Crippen LogP contribution in [0.1, 0.15) is 28.2 Å². The van der Waals surface area contributed by atoms with Crippen molar-refractivity contribution in [1.82, 2.24) is 14.7 Å². The molecule has 116 valence electrons. The molecule has 5 nitrogen and oxygen atoms in total. The van der Waals surface area contributed by atoms with Gasteiger partial charge in [-0.1, -0.05) is 0 Å². The zero-order valence-corrected chi connectivity index (χ0v) is 12.6. The van der Waals surface area contributed by atoms with E-state index in [-0.39, 0.29) is 11.7 Å². The van der Waals surface area contributed by atoms with E-state index in [1.54, 1.807) is 28.6 Å². The number of aliphatic hydroxyl groups is 1. The Balaban J connectivity index is 1.96. The minimum Gasteiger partial charge on any atom is -0.391 e. The number of benzene rings is 1. The highest BCUT2D eigenvalue weighted by Crippen LogP contribution is 2.22. The van der Waals surface area contributed by atoms with Gasteiger partial charge in [-0.3, -0.25) is 4.79 Å². The molecule has 1 aliphatic rings. The van der Waals surface area contributed by atoms with Gasteiger partial charge in [0.15, 0.2) is 0 Å². The predicted molar refractivity (Wildman–Crippen MR) is 79.5 cm³/mol. The Morgan fingerprint density at radius 2 is 2.00 bits per heavy atom. The van der Waals surface area contributed by atoms with Crippen LogP contribution >= 0.6 is 0 Å². The quantitative estimate of drug-likeness (QED) is 0.921. The van der Waals surface area contributed by atoms with E-state index in [0.717, 1.165) is 5.69 Å². The fraction of sp³-hybridized carbons (Fsp3) is 0.375. The summed E-state index contributed by atoms with van der Waals surface area (Å²) in [4.78, 5) is 14.3. The average molecular weight is 303 g/mol. The Kier molecular flexibility index (Phi) is 3.70. The van der Waals surface area contributed by atoms with Crippen molar-refractivity contribution in [3.05, 3.63) is 47.0 Å². The first-order valence-corrected chi connectivity index (χ1v) is 7.27. The molecule has 6 heteroatoms. The Hall–Kier alpha value is -2.21. The van der Waals surface area contributed by atoms with Crippen molar-refractivity contribution in [3.8, 4) is 5.69 Å². The first-order chi connectivity index (χ1) is 10.5. The largest absolute Gasteiger partial charge is 0.391 e. The Labute approximate surface area is 128 Å². The lowest BCUT2D eigenvalue weighted by Gasteiger charge is -2.15. The van der Waals surface area contributed by atoms with Crippen molar-refractivity contribution in [2.75, 3.05) is 13.1 Å². The monoisotopic (exact) mass is 303 g/mol. The molecule has 3 rings (SSSR count). The number of rotatable bonds is 2. The van der Waals surface area contributed by atoms with Crippen molar-refractivity contribution < 1.29 is 14.3 Å². The second kappa shape index (κ2) is 5.53. The fourth-order valence-corrected chi connectivity index (χ4v) is 2.87. The molecular weight excluding hydrogens is 285 g/mol. The summed E-state index contributed by atoms with van der Waals surface area (Å²) >= 11 is 0. The van der Waals surface area contributed by atoms with E-state index in [1.807, 2.05) is 6.92 Å². The Morgan fingerprint density at radius 3 is 2.59 bits per heavy atom. The van der Waals surface area contributed by atoms with Gasteiger partial charge < -0.3 is 10.0 Å². The van der Waals surface area contributed by atoms with Gasteiger partial charge in [0.05, 0.1) is 28.7 Å². The smallest absolute Gasteiger partial charge is 0.257 e. The number of aliphatic hydroxyl groups excluding tert-OH is 1. The van der Waals surface area contributed by atoms with Crippen molar-refractivity contribution in [2.24, 2.45) is 0 Å². The molecule has 1 atom stereocenters. The topological polar surface area (TPSA) is 58.4 Å². The number of aromatic nitrogens is 2. The van der Waals surface area contributed by atoms with E-state index < -0.39 is 6.10 Å². The number of hydrogen-bond donors (Lipinski definition) is 1. The maximum atomic E-state index is 13.0. The van der Waals surface area contributed by atoms with Crippen molar-refractivity contribution in [3.63, 3.8) is 0 Å². The summed E-state index contributed by atoms with van der Waals surface area (Å²) in [6.45, 7) is 4.52. The maximum Gasteiger partial charge on any atom is 0.257 e. The van der Waals surface area contributed by atoms with Gasteiger partial charge in [0.25, 0.3) is 5.91 Å². The Morgan fingerprint density at radius 1 is 1.32 bits per heavy atom. The van der Waals surface area contributed by atoms with Gasteiger partial charge in [0.1, 0.15) is 5.82 Å². The average Bonchev–Trinajstić information content (AvgIpc) is 3.03. The van der Waals surface area contributed by atoms with Crippen LogP contribution in [-0.4, -0.2) is 44.9 Å². The third-order valence-corrected chi connectivity index (χ3v) is 4.03. The van der Waals surface area contributed by atoms with Crippen molar-refractivity contribution in [1.29, 1.82) is 0 Å². The lowest BCUT2D eigenvalue weighted by Crippen LogP contribution is -2.30. The first kappa shape index (κ1) is 14.7.